The SMILES string of the molecule is CCc1ccc(N(CC(=O)N2CCN(C/C=C/c3ccccc3)CC2)S(=O)(=O)c2ccccc2)cc1. The number of piperazine rings is 1. The zero-order valence-corrected chi connectivity index (χ0v) is 21.5. The second-order valence-electron chi connectivity index (χ2n) is 8.84. The topological polar surface area (TPSA) is 60.9 Å². The van der Waals surface area contributed by atoms with Gasteiger partial charge in [0.1, 0.15) is 6.54 Å². The molecule has 0 aliphatic carbocycles. The summed E-state index contributed by atoms with van der Waals surface area (Å²) in [5.74, 6) is -0.187. The van der Waals surface area contributed by atoms with Crippen molar-refractivity contribution in [2.45, 2.75) is 18.2 Å². The van der Waals surface area contributed by atoms with E-state index < -0.39 is 10.0 Å². The maximum absolute atomic E-state index is 13.5. The van der Waals surface area contributed by atoms with Crippen molar-refractivity contribution in [3.8, 4) is 0 Å². The van der Waals surface area contributed by atoms with Gasteiger partial charge in [0.05, 0.1) is 10.6 Å². The van der Waals surface area contributed by atoms with Crippen LogP contribution in [-0.2, 0) is 21.2 Å². The Morgan fingerprint density at radius 3 is 2.08 bits per heavy atom. The first kappa shape index (κ1) is 25.7. The number of nitrogens with zero attached hydrogens (tertiary/aromatic N) is 3. The van der Waals surface area contributed by atoms with E-state index in [0.717, 1.165) is 37.2 Å². The van der Waals surface area contributed by atoms with Crippen LogP contribution in [0.3, 0.4) is 0 Å². The lowest BCUT2D eigenvalue weighted by Crippen LogP contribution is -2.51. The van der Waals surface area contributed by atoms with Gasteiger partial charge in [-0.2, -0.15) is 0 Å². The molecule has 1 heterocycles. The van der Waals surface area contributed by atoms with Gasteiger partial charge in [0, 0.05) is 32.7 Å². The minimum absolute atomic E-state index is 0.174. The summed E-state index contributed by atoms with van der Waals surface area (Å²) in [5, 5.41) is 0. The fourth-order valence-electron chi connectivity index (χ4n) is 4.24. The molecule has 6 nitrogen and oxygen atoms in total. The van der Waals surface area contributed by atoms with Gasteiger partial charge in [0.2, 0.25) is 5.91 Å². The third kappa shape index (κ3) is 6.42. The van der Waals surface area contributed by atoms with Gasteiger partial charge in [-0.1, -0.05) is 79.7 Å². The van der Waals surface area contributed by atoms with E-state index in [1.807, 2.05) is 37.3 Å². The number of hydrogen-bond donors (Lipinski definition) is 0. The summed E-state index contributed by atoms with van der Waals surface area (Å²) in [6, 6.07) is 25.8. The van der Waals surface area contributed by atoms with Gasteiger partial charge in [0.25, 0.3) is 10.0 Å². The molecule has 0 saturated carbocycles. The van der Waals surface area contributed by atoms with Crippen LogP contribution in [0.5, 0.6) is 0 Å². The Balaban J connectivity index is 1.42. The van der Waals surface area contributed by atoms with Crippen molar-refractivity contribution in [3.05, 3.63) is 102 Å². The molecule has 7 heteroatoms. The fraction of sp³-hybridized carbons (Fsp3) is 0.276. The molecule has 0 bridgehead atoms. The summed E-state index contributed by atoms with van der Waals surface area (Å²) < 4.78 is 28.3. The van der Waals surface area contributed by atoms with Crippen LogP contribution < -0.4 is 4.31 Å². The normalized spacial score (nSPS) is 14.8. The molecule has 4 rings (SSSR count). The Morgan fingerprint density at radius 2 is 1.47 bits per heavy atom. The van der Waals surface area contributed by atoms with Gasteiger partial charge in [0.15, 0.2) is 0 Å². The molecule has 1 saturated heterocycles. The smallest absolute Gasteiger partial charge is 0.264 e. The predicted molar refractivity (Wildman–Crippen MR) is 145 cm³/mol. The Kier molecular flexibility index (Phi) is 8.57. The number of sulfonamides is 1. The first-order valence-corrected chi connectivity index (χ1v) is 13.8. The largest absolute Gasteiger partial charge is 0.339 e. The molecule has 0 radical (unpaired) electrons. The molecule has 188 valence electrons. The van der Waals surface area contributed by atoms with Crippen LogP contribution in [0.2, 0.25) is 0 Å². The van der Waals surface area contributed by atoms with E-state index >= 15 is 0 Å². The Morgan fingerprint density at radius 1 is 0.861 bits per heavy atom. The minimum Gasteiger partial charge on any atom is -0.339 e. The van der Waals surface area contributed by atoms with Gasteiger partial charge in [-0.3, -0.25) is 14.0 Å². The standard InChI is InChI=1S/C29H33N3O3S/c1-2-25-15-17-27(18-16-25)32(36(34,35)28-13-7-4-8-14-28)24-29(33)31-22-20-30(21-23-31)19-9-12-26-10-5-3-6-11-26/h3-18H,2,19-24H2,1H3/b12-9+. The Hall–Kier alpha value is -3.42. The lowest BCUT2D eigenvalue weighted by molar-refractivity contribution is -0.131. The average molecular weight is 504 g/mol. The first-order valence-electron chi connectivity index (χ1n) is 12.4. The van der Waals surface area contributed by atoms with E-state index in [1.165, 1.54) is 4.31 Å². The van der Waals surface area contributed by atoms with Gasteiger partial charge in [-0.05, 0) is 41.8 Å². The summed E-state index contributed by atoms with van der Waals surface area (Å²) in [7, 11) is -3.89. The molecule has 0 aromatic heterocycles. The summed E-state index contributed by atoms with van der Waals surface area (Å²) in [6.07, 6.45) is 5.10. The van der Waals surface area contributed by atoms with Crippen molar-refractivity contribution in [2.24, 2.45) is 0 Å². The summed E-state index contributed by atoms with van der Waals surface area (Å²) in [5.41, 5.74) is 2.77. The molecule has 0 unspecified atom stereocenters. The van der Waals surface area contributed by atoms with Crippen LogP contribution in [-0.4, -0.2) is 63.4 Å². The molecule has 0 N–H and O–H groups in total. The molecule has 1 aliphatic heterocycles. The molecule has 1 fully saturated rings. The number of rotatable bonds is 9. The van der Waals surface area contributed by atoms with Crippen LogP contribution in [0, 0.1) is 0 Å². The maximum atomic E-state index is 13.5. The van der Waals surface area contributed by atoms with Crippen LogP contribution in [0.4, 0.5) is 5.69 Å². The molecule has 3 aromatic rings. The Labute approximate surface area is 214 Å². The average Bonchev–Trinajstić information content (AvgIpc) is 2.93. The fourth-order valence-corrected chi connectivity index (χ4v) is 5.67. The van der Waals surface area contributed by atoms with E-state index in [4.69, 9.17) is 0 Å². The molecule has 3 aromatic carbocycles. The number of aryl methyl sites for hydroxylation is 1. The molecular weight excluding hydrogens is 470 g/mol. The lowest BCUT2D eigenvalue weighted by atomic mass is 10.1. The van der Waals surface area contributed by atoms with E-state index in [9.17, 15) is 13.2 Å². The number of carbonyl (C=O) groups is 1. The summed E-state index contributed by atoms with van der Waals surface area (Å²) in [4.78, 5) is 17.5. The summed E-state index contributed by atoms with van der Waals surface area (Å²) in [6.45, 7) is 5.29. The monoisotopic (exact) mass is 503 g/mol. The zero-order valence-electron chi connectivity index (χ0n) is 20.7. The number of hydrogen-bond acceptors (Lipinski definition) is 4. The van der Waals surface area contributed by atoms with E-state index in [0.29, 0.717) is 18.8 Å². The van der Waals surface area contributed by atoms with E-state index in [2.05, 4.69) is 29.2 Å². The van der Waals surface area contributed by atoms with Crippen LogP contribution in [0.1, 0.15) is 18.1 Å². The zero-order chi connectivity index (χ0) is 25.4. The minimum atomic E-state index is -3.89. The molecular formula is C29H33N3O3S. The number of amides is 1. The molecule has 36 heavy (non-hydrogen) atoms. The second kappa shape index (κ2) is 12.0. The lowest BCUT2D eigenvalue weighted by Gasteiger charge is -2.35. The van der Waals surface area contributed by atoms with Crippen molar-refractivity contribution in [1.29, 1.82) is 0 Å². The van der Waals surface area contributed by atoms with Crippen LogP contribution >= 0.6 is 0 Å². The molecule has 1 aliphatic rings. The molecule has 0 atom stereocenters. The van der Waals surface area contributed by atoms with Crippen molar-refractivity contribution >= 4 is 27.7 Å². The second-order valence-corrected chi connectivity index (χ2v) is 10.7. The summed E-state index contributed by atoms with van der Waals surface area (Å²) >= 11 is 0. The van der Waals surface area contributed by atoms with Gasteiger partial charge in [-0.25, -0.2) is 8.42 Å². The predicted octanol–water partition coefficient (Wildman–Crippen LogP) is 4.30. The highest BCUT2D eigenvalue weighted by molar-refractivity contribution is 7.92. The van der Waals surface area contributed by atoms with Crippen LogP contribution in [0.25, 0.3) is 6.08 Å². The highest BCUT2D eigenvalue weighted by atomic mass is 32.2. The highest BCUT2D eigenvalue weighted by Crippen LogP contribution is 2.24. The number of carbonyl (C=O) groups excluding carboxylic acids is 1. The van der Waals surface area contributed by atoms with Crippen molar-refractivity contribution in [2.75, 3.05) is 43.6 Å². The van der Waals surface area contributed by atoms with E-state index in [-0.39, 0.29) is 17.3 Å². The number of benzene rings is 3. The maximum Gasteiger partial charge on any atom is 0.264 e. The Bertz CT molecular complexity index is 1250. The quantitative estimate of drug-likeness (QED) is 0.437. The molecule has 1 amide bonds. The third-order valence-corrected chi connectivity index (χ3v) is 8.23. The van der Waals surface area contributed by atoms with E-state index in [1.54, 1.807) is 47.4 Å². The van der Waals surface area contributed by atoms with Crippen molar-refractivity contribution in [1.82, 2.24) is 9.80 Å². The first-order chi connectivity index (χ1) is 17.5. The third-order valence-electron chi connectivity index (χ3n) is 6.44. The van der Waals surface area contributed by atoms with Crippen molar-refractivity contribution < 1.29 is 13.2 Å². The van der Waals surface area contributed by atoms with Crippen molar-refractivity contribution in [3.63, 3.8) is 0 Å². The van der Waals surface area contributed by atoms with Crippen LogP contribution in [0.15, 0.2) is 95.9 Å². The number of anilines is 1. The highest BCUT2D eigenvalue weighted by Gasteiger charge is 2.30. The molecule has 0 spiro atoms. The van der Waals surface area contributed by atoms with Gasteiger partial charge in [-0.15, -0.1) is 0 Å². The van der Waals surface area contributed by atoms with Gasteiger partial charge < -0.3 is 4.90 Å². The van der Waals surface area contributed by atoms with Gasteiger partial charge >= 0.3 is 0 Å².